The van der Waals surface area contributed by atoms with Crippen molar-refractivity contribution in [1.82, 2.24) is 14.8 Å². The molecule has 26 heavy (non-hydrogen) atoms. The molecule has 0 saturated heterocycles. The Morgan fingerprint density at radius 3 is 2.73 bits per heavy atom. The molecule has 1 aliphatic heterocycles. The molecule has 2 aromatic rings. The molecule has 0 bridgehead atoms. The number of benzene rings is 1. The highest BCUT2D eigenvalue weighted by molar-refractivity contribution is 7.80. The van der Waals surface area contributed by atoms with E-state index in [9.17, 15) is 0 Å². The van der Waals surface area contributed by atoms with Crippen molar-refractivity contribution in [2.45, 2.75) is 32.4 Å². The van der Waals surface area contributed by atoms with Crippen LogP contribution in [0.1, 0.15) is 37.1 Å². The van der Waals surface area contributed by atoms with Crippen LogP contribution in [0.15, 0.2) is 36.5 Å². The second kappa shape index (κ2) is 8.45. The van der Waals surface area contributed by atoms with Gasteiger partial charge < -0.3 is 24.3 Å². The fraction of sp³-hybridized carbons (Fsp3) is 0.450. The van der Waals surface area contributed by atoms with Gasteiger partial charge >= 0.3 is 0 Å². The molecule has 1 aliphatic rings. The Morgan fingerprint density at radius 2 is 2.00 bits per heavy atom. The maximum absolute atomic E-state index is 5.73. The van der Waals surface area contributed by atoms with Crippen LogP contribution in [0.5, 0.6) is 11.5 Å². The maximum Gasteiger partial charge on any atom is 0.169 e. The minimum Gasteiger partial charge on any atom is -0.493 e. The predicted octanol–water partition coefficient (Wildman–Crippen LogP) is 3.58. The first-order chi connectivity index (χ1) is 12.7. The van der Waals surface area contributed by atoms with Gasteiger partial charge in [-0.1, -0.05) is 19.4 Å². The van der Waals surface area contributed by atoms with E-state index in [1.165, 1.54) is 5.69 Å². The molecule has 2 heterocycles. The van der Waals surface area contributed by atoms with E-state index in [0.29, 0.717) is 0 Å². The quantitative estimate of drug-likeness (QED) is 0.619. The molecule has 1 unspecified atom stereocenters. The first kappa shape index (κ1) is 18.6. The van der Waals surface area contributed by atoms with Crippen LogP contribution in [0.4, 0.5) is 0 Å². The lowest BCUT2D eigenvalue weighted by Crippen LogP contribution is -2.47. The molecule has 1 N–H and O–H groups in total. The molecule has 5 nitrogen and oxygen atoms in total. The summed E-state index contributed by atoms with van der Waals surface area (Å²) in [5, 5.41) is 4.23. The van der Waals surface area contributed by atoms with Gasteiger partial charge in [-0.2, -0.15) is 0 Å². The number of thiocarbonyl (C=S) groups is 1. The zero-order chi connectivity index (χ0) is 18.5. The van der Waals surface area contributed by atoms with Crippen molar-refractivity contribution in [1.29, 1.82) is 0 Å². The van der Waals surface area contributed by atoms with E-state index in [1.54, 1.807) is 14.2 Å². The minimum absolute atomic E-state index is 0.0557. The van der Waals surface area contributed by atoms with Gasteiger partial charge in [-0.05, 0) is 48.5 Å². The fourth-order valence-corrected chi connectivity index (χ4v) is 3.75. The molecule has 3 rings (SSSR count). The molecule has 0 saturated carbocycles. The minimum atomic E-state index is 0.0557. The fourth-order valence-electron chi connectivity index (χ4n) is 3.45. The van der Waals surface area contributed by atoms with E-state index in [2.05, 4.69) is 46.1 Å². The number of aromatic nitrogens is 1. The molecule has 1 aromatic carbocycles. The number of hydrogen-bond donors (Lipinski definition) is 1. The summed E-state index contributed by atoms with van der Waals surface area (Å²) in [6.07, 6.45) is 4.40. The largest absolute Gasteiger partial charge is 0.493 e. The monoisotopic (exact) mass is 373 g/mol. The summed E-state index contributed by atoms with van der Waals surface area (Å²) in [5.74, 6) is 1.47. The summed E-state index contributed by atoms with van der Waals surface area (Å²) >= 11 is 5.73. The van der Waals surface area contributed by atoms with Gasteiger partial charge in [-0.15, -0.1) is 0 Å². The summed E-state index contributed by atoms with van der Waals surface area (Å²) in [6.45, 7) is 4.90. The van der Waals surface area contributed by atoms with Crippen molar-refractivity contribution in [3.8, 4) is 11.5 Å². The van der Waals surface area contributed by atoms with Gasteiger partial charge in [-0.25, -0.2) is 0 Å². The lowest BCUT2D eigenvalue weighted by Gasteiger charge is -2.39. The van der Waals surface area contributed by atoms with E-state index in [1.807, 2.05) is 12.1 Å². The van der Waals surface area contributed by atoms with Crippen LogP contribution in [0.2, 0.25) is 0 Å². The third-order valence-corrected chi connectivity index (χ3v) is 5.21. The van der Waals surface area contributed by atoms with Crippen molar-refractivity contribution in [3.63, 3.8) is 0 Å². The van der Waals surface area contributed by atoms with E-state index in [4.69, 9.17) is 21.7 Å². The lowest BCUT2D eigenvalue weighted by atomic mass is 9.99. The number of rotatable bonds is 6. The molecule has 0 spiro atoms. The lowest BCUT2D eigenvalue weighted by molar-refractivity contribution is 0.284. The predicted molar refractivity (Wildman–Crippen MR) is 108 cm³/mol. The molecule has 1 aromatic heterocycles. The average Bonchev–Trinajstić information content (AvgIpc) is 3.15. The van der Waals surface area contributed by atoms with Gasteiger partial charge in [0.15, 0.2) is 16.6 Å². The highest BCUT2D eigenvalue weighted by atomic mass is 32.1. The van der Waals surface area contributed by atoms with E-state index < -0.39 is 0 Å². The van der Waals surface area contributed by atoms with Gasteiger partial charge in [0.1, 0.15) is 0 Å². The Balaban J connectivity index is 1.95. The molecule has 0 fully saturated rings. The molecule has 1 atom stereocenters. The molecular weight excluding hydrogens is 346 g/mol. The summed E-state index contributed by atoms with van der Waals surface area (Å²) < 4.78 is 13.2. The Bertz CT molecular complexity index is 759. The van der Waals surface area contributed by atoms with E-state index in [0.717, 1.165) is 54.7 Å². The smallest absolute Gasteiger partial charge is 0.169 e. The molecule has 0 aliphatic carbocycles. The van der Waals surface area contributed by atoms with Crippen LogP contribution in [-0.4, -0.2) is 41.9 Å². The highest BCUT2D eigenvalue weighted by Crippen LogP contribution is 2.37. The highest BCUT2D eigenvalue weighted by Gasteiger charge is 2.31. The van der Waals surface area contributed by atoms with Gasteiger partial charge in [0.25, 0.3) is 0 Å². The van der Waals surface area contributed by atoms with Crippen molar-refractivity contribution in [2.75, 3.05) is 27.3 Å². The number of hydrogen-bond acceptors (Lipinski definition) is 3. The average molecular weight is 374 g/mol. The summed E-state index contributed by atoms with van der Waals surface area (Å²) in [5.41, 5.74) is 2.38. The third-order valence-electron chi connectivity index (χ3n) is 4.83. The molecule has 0 radical (unpaired) electrons. The topological polar surface area (TPSA) is 38.7 Å². The van der Waals surface area contributed by atoms with Crippen LogP contribution in [0.3, 0.4) is 0 Å². The summed E-state index contributed by atoms with van der Waals surface area (Å²) in [7, 11) is 3.32. The first-order valence-electron chi connectivity index (χ1n) is 9.11. The number of ether oxygens (including phenoxy) is 2. The van der Waals surface area contributed by atoms with Gasteiger partial charge in [-0.3, -0.25) is 0 Å². The van der Waals surface area contributed by atoms with Crippen molar-refractivity contribution >= 4 is 17.3 Å². The molecule has 6 heteroatoms. The Kier molecular flexibility index (Phi) is 6.04. The van der Waals surface area contributed by atoms with Gasteiger partial charge in [0, 0.05) is 31.5 Å². The second-order valence-electron chi connectivity index (χ2n) is 6.42. The Hall–Kier alpha value is -2.21. The number of nitrogens with zero attached hydrogens (tertiary/aromatic N) is 2. The third kappa shape index (κ3) is 3.65. The van der Waals surface area contributed by atoms with Crippen molar-refractivity contribution in [2.24, 2.45) is 0 Å². The van der Waals surface area contributed by atoms with Crippen LogP contribution in [0.25, 0.3) is 0 Å². The Labute approximate surface area is 160 Å². The first-order valence-corrected chi connectivity index (χ1v) is 9.51. The van der Waals surface area contributed by atoms with Crippen molar-refractivity contribution < 1.29 is 9.47 Å². The van der Waals surface area contributed by atoms with Gasteiger partial charge in [0.05, 0.1) is 20.3 Å². The molecule has 140 valence electrons. The van der Waals surface area contributed by atoms with Crippen LogP contribution >= 0.6 is 12.2 Å². The summed E-state index contributed by atoms with van der Waals surface area (Å²) in [4.78, 5) is 2.28. The number of fused-ring (bicyclic) bond motifs is 1. The zero-order valence-corrected chi connectivity index (χ0v) is 16.5. The number of nitrogens with one attached hydrogen (secondary N) is 1. The summed E-state index contributed by atoms with van der Waals surface area (Å²) in [6, 6.07) is 10.4. The van der Waals surface area contributed by atoms with Crippen LogP contribution in [-0.2, 0) is 6.54 Å². The molecule has 0 amide bonds. The van der Waals surface area contributed by atoms with E-state index >= 15 is 0 Å². The standard InChI is InChI=1S/C20H27N3O2S/c1-4-5-10-21-20(26)23-13-12-22-11-6-7-16(22)19(23)15-8-9-17(24-2)18(14-15)25-3/h6-9,11,14,19H,4-5,10,12-13H2,1-3H3,(H,21,26). The van der Waals surface area contributed by atoms with Crippen LogP contribution in [0, 0.1) is 0 Å². The normalized spacial score (nSPS) is 16.1. The van der Waals surface area contributed by atoms with Gasteiger partial charge in [0.2, 0.25) is 0 Å². The number of methoxy groups -OCH3 is 2. The SMILES string of the molecule is CCCCNC(=S)N1CCn2cccc2C1c1ccc(OC)c(OC)c1. The zero-order valence-electron chi connectivity index (χ0n) is 15.7. The van der Waals surface area contributed by atoms with Crippen molar-refractivity contribution in [3.05, 3.63) is 47.8 Å². The Morgan fingerprint density at radius 1 is 1.19 bits per heavy atom. The molecular formula is C20H27N3O2S. The van der Waals surface area contributed by atoms with Crippen LogP contribution < -0.4 is 14.8 Å². The van der Waals surface area contributed by atoms with E-state index in [-0.39, 0.29) is 6.04 Å². The number of unbranched alkanes of at least 4 members (excludes halogenated alkanes) is 1. The second-order valence-corrected chi connectivity index (χ2v) is 6.81. The maximum atomic E-state index is 5.73.